The van der Waals surface area contributed by atoms with Gasteiger partial charge in [-0.3, -0.25) is 9.19 Å². The van der Waals surface area contributed by atoms with Gasteiger partial charge >= 0.3 is 0 Å². The fourth-order valence-electron chi connectivity index (χ4n) is 4.32. The van der Waals surface area contributed by atoms with Gasteiger partial charge in [0.15, 0.2) is 11.6 Å². The fraction of sp³-hybridized carbons (Fsp3) is 0.375. The number of nitrogens with zero attached hydrogens (tertiary/aromatic N) is 1. The van der Waals surface area contributed by atoms with E-state index in [9.17, 15) is 8.60 Å². The van der Waals surface area contributed by atoms with Crippen molar-refractivity contribution in [2.45, 2.75) is 49.1 Å². The molecule has 1 aromatic heterocycles. The summed E-state index contributed by atoms with van der Waals surface area (Å²) in [5.41, 5.74) is 9.16. The van der Waals surface area contributed by atoms with E-state index in [1.807, 2.05) is 18.2 Å². The highest BCUT2D eigenvalue weighted by atomic mass is 35.5. The first-order valence-corrected chi connectivity index (χ1v) is 12.6. The number of methoxy groups -OCH3 is 1. The SMILES string of the molecule is COc1c(F)cc(-c2ccc3ncc(S(C)=O)c(NC4CCCC(N)CC4)c3c2)cc1Cl. The second-order valence-electron chi connectivity index (χ2n) is 8.27. The molecule has 4 rings (SSSR count). The zero-order valence-electron chi connectivity index (χ0n) is 18.2. The lowest BCUT2D eigenvalue weighted by molar-refractivity contribution is 0.387. The second kappa shape index (κ2) is 9.73. The predicted octanol–water partition coefficient (Wildman–Crippen LogP) is 5.51. The minimum absolute atomic E-state index is 0.0236. The quantitative estimate of drug-likeness (QED) is 0.475. The lowest BCUT2D eigenvalue weighted by Crippen LogP contribution is -2.22. The minimum Gasteiger partial charge on any atom is -0.492 e. The Bertz CT molecular complexity index is 1150. The third-order valence-electron chi connectivity index (χ3n) is 6.04. The molecule has 0 amide bonds. The summed E-state index contributed by atoms with van der Waals surface area (Å²) in [6, 6.07) is 9.27. The molecule has 3 unspecified atom stereocenters. The van der Waals surface area contributed by atoms with Crippen molar-refractivity contribution in [3.05, 3.63) is 47.4 Å². The van der Waals surface area contributed by atoms with Crippen LogP contribution in [0, 0.1) is 5.82 Å². The number of benzene rings is 2. The normalized spacial score (nSPS) is 20.0. The predicted molar refractivity (Wildman–Crippen MR) is 130 cm³/mol. The molecule has 32 heavy (non-hydrogen) atoms. The van der Waals surface area contributed by atoms with Gasteiger partial charge < -0.3 is 15.8 Å². The highest BCUT2D eigenvalue weighted by molar-refractivity contribution is 7.84. The Hall–Kier alpha value is -2.22. The summed E-state index contributed by atoms with van der Waals surface area (Å²) in [4.78, 5) is 5.17. The van der Waals surface area contributed by atoms with E-state index in [1.54, 1.807) is 18.5 Å². The number of nitrogens with two attached hydrogens (primary N) is 1. The van der Waals surface area contributed by atoms with Crippen molar-refractivity contribution in [2.75, 3.05) is 18.7 Å². The van der Waals surface area contributed by atoms with Gasteiger partial charge in [-0.1, -0.05) is 17.7 Å². The van der Waals surface area contributed by atoms with E-state index in [0.29, 0.717) is 10.5 Å². The molecule has 5 nitrogen and oxygen atoms in total. The van der Waals surface area contributed by atoms with Crippen LogP contribution in [0.25, 0.3) is 22.0 Å². The maximum Gasteiger partial charge on any atom is 0.173 e. The van der Waals surface area contributed by atoms with Crippen molar-refractivity contribution >= 4 is 39.0 Å². The number of halogens is 2. The Morgan fingerprint density at radius 3 is 2.72 bits per heavy atom. The summed E-state index contributed by atoms with van der Waals surface area (Å²) in [6.45, 7) is 0. The molecule has 3 atom stereocenters. The summed E-state index contributed by atoms with van der Waals surface area (Å²) in [7, 11) is 0.163. The number of fused-ring (bicyclic) bond motifs is 1. The number of hydrogen-bond acceptors (Lipinski definition) is 5. The van der Waals surface area contributed by atoms with Crippen LogP contribution in [0.4, 0.5) is 10.1 Å². The summed E-state index contributed by atoms with van der Waals surface area (Å²) in [6.07, 6.45) is 8.33. The number of rotatable bonds is 5. The molecule has 0 radical (unpaired) electrons. The number of ether oxygens (including phenoxy) is 1. The van der Waals surface area contributed by atoms with Crippen LogP contribution in [0.15, 0.2) is 41.4 Å². The maximum absolute atomic E-state index is 14.5. The van der Waals surface area contributed by atoms with Crippen molar-refractivity contribution in [2.24, 2.45) is 5.73 Å². The van der Waals surface area contributed by atoms with Gasteiger partial charge in [-0.15, -0.1) is 0 Å². The summed E-state index contributed by atoms with van der Waals surface area (Å²) >= 11 is 6.22. The Balaban J connectivity index is 1.81. The smallest absolute Gasteiger partial charge is 0.173 e. The van der Waals surface area contributed by atoms with Gasteiger partial charge in [0.05, 0.1) is 39.0 Å². The first-order chi connectivity index (χ1) is 15.4. The molecule has 3 aromatic rings. The van der Waals surface area contributed by atoms with Gasteiger partial charge in [0.2, 0.25) is 0 Å². The van der Waals surface area contributed by atoms with Gasteiger partial charge in [0.25, 0.3) is 0 Å². The molecule has 1 aliphatic rings. The summed E-state index contributed by atoms with van der Waals surface area (Å²) < 4.78 is 32.0. The van der Waals surface area contributed by atoms with E-state index >= 15 is 0 Å². The number of pyridine rings is 1. The molecule has 0 aliphatic heterocycles. The molecule has 0 spiro atoms. The number of aromatic nitrogens is 1. The molecule has 1 heterocycles. The van der Waals surface area contributed by atoms with Crippen molar-refractivity contribution < 1.29 is 13.3 Å². The molecule has 170 valence electrons. The Morgan fingerprint density at radius 2 is 2.00 bits per heavy atom. The zero-order chi connectivity index (χ0) is 22.8. The van der Waals surface area contributed by atoms with E-state index in [4.69, 9.17) is 22.1 Å². The maximum atomic E-state index is 14.5. The monoisotopic (exact) mass is 475 g/mol. The summed E-state index contributed by atoms with van der Waals surface area (Å²) in [5, 5.41) is 4.69. The van der Waals surface area contributed by atoms with Crippen molar-refractivity contribution in [3.63, 3.8) is 0 Å². The molecule has 1 aliphatic carbocycles. The van der Waals surface area contributed by atoms with Crippen molar-refractivity contribution in [1.29, 1.82) is 0 Å². The Labute approximate surface area is 195 Å². The average Bonchev–Trinajstić information content (AvgIpc) is 2.97. The van der Waals surface area contributed by atoms with Crippen LogP contribution in [0.1, 0.15) is 32.1 Å². The summed E-state index contributed by atoms with van der Waals surface area (Å²) in [5.74, 6) is -0.500. The van der Waals surface area contributed by atoms with E-state index < -0.39 is 16.6 Å². The minimum atomic E-state index is -1.22. The topological polar surface area (TPSA) is 77.2 Å². The van der Waals surface area contributed by atoms with E-state index in [2.05, 4.69) is 10.3 Å². The van der Waals surface area contributed by atoms with E-state index in [1.165, 1.54) is 13.2 Å². The van der Waals surface area contributed by atoms with Crippen LogP contribution in [-0.2, 0) is 10.8 Å². The van der Waals surface area contributed by atoms with Gasteiger partial charge in [0.1, 0.15) is 0 Å². The largest absolute Gasteiger partial charge is 0.492 e. The highest BCUT2D eigenvalue weighted by Gasteiger charge is 2.20. The Morgan fingerprint density at radius 1 is 1.19 bits per heavy atom. The van der Waals surface area contributed by atoms with Crippen LogP contribution >= 0.6 is 11.6 Å². The fourth-order valence-corrected chi connectivity index (χ4v) is 5.26. The highest BCUT2D eigenvalue weighted by Crippen LogP contribution is 2.37. The van der Waals surface area contributed by atoms with Crippen molar-refractivity contribution in [3.8, 4) is 16.9 Å². The van der Waals surface area contributed by atoms with E-state index in [0.717, 1.165) is 54.3 Å². The van der Waals surface area contributed by atoms with Crippen LogP contribution in [0.5, 0.6) is 5.75 Å². The van der Waals surface area contributed by atoms with Gasteiger partial charge in [-0.25, -0.2) is 4.39 Å². The number of nitrogens with one attached hydrogen (secondary N) is 1. The van der Waals surface area contributed by atoms with Crippen LogP contribution in [0.3, 0.4) is 0 Å². The third-order valence-corrected chi connectivity index (χ3v) is 7.25. The van der Waals surface area contributed by atoms with Crippen LogP contribution < -0.4 is 15.8 Å². The molecule has 0 saturated heterocycles. The van der Waals surface area contributed by atoms with Gasteiger partial charge in [-0.05, 0) is 67.5 Å². The molecule has 2 aromatic carbocycles. The Kier molecular flexibility index (Phi) is 6.98. The molecule has 1 fully saturated rings. The molecule has 1 saturated carbocycles. The van der Waals surface area contributed by atoms with Gasteiger partial charge in [0, 0.05) is 29.9 Å². The molecule has 0 bridgehead atoms. The van der Waals surface area contributed by atoms with Crippen LogP contribution in [-0.4, -0.2) is 34.6 Å². The first-order valence-electron chi connectivity index (χ1n) is 10.7. The standard InChI is InChI=1S/C24H27ClFN3O2S/c1-31-24-19(25)11-15(12-20(24)26)14-6-9-21-18(10-14)23(22(13-28-21)32(2)30)29-17-5-3-4-16(27)7-8-17/h6,9-13,16-17H,3-5,7-8,27H2,1-2H3,(H,28,29). The lowest BCUT2D eigenvalue weighted by Gasteiger charge is -2.21. The second-order valence-corrected chi connectivity index (χ2v) is 10.0. The lowest BCUT2D eigenvalue weighted by atomic mass is 10.0. The molecule has 3 N–H and O–H groups in total. The number of hydrogen-bond donors (Lipinski definition) is 2. The number of anilines is 1. The van der Waals surface area contributed by atoms with Gasteiger partial charge in [-0.2, -0.15) is 0 Å². The zero-order valence-corrected chi connectivity index (χ0v) is 19.7. The van der Waals surface area contributed by atoms with E-state index in [-0.39, 0.29) is 22.9 Å². The molecule has 8 heteroatoms. The van der Waals surface area contributed by atoms with Crippen LogP contribution in [0.2, 0.25) is 5.02 Å². The average molecular weight is 476 g/mol. The van der Waals surface area contributed by atoms with Crippen molar-refractivity contribution in [1.82, 2.24) is 4.98 Å². The first kappa shape index (κ1) is 23.0. The molecular weight excluding hydrogens is 449 g/mol. The molecular formula is C24H27ClFN3O2S. The third kappa shape index (κ3) is 4.75.